The molecule has 3 nitrogen and oxygen atoms in total. The smallest absolute Gasteiger partial charge is 0.165 e. The van der Waals surface area contributed by atoms with E-state index in [1.807, 2.05) is 0 Å². The molecule has 1 unspecified atom stereocenters. The van der Waals surface area contributed by atoms with Crippen molar-refractivity contribution in [1.29, 1.82) is 0 Å². The van der Waals surface area contributed by atoms with Crippen molar-refractivity contribution in [2.45, 2.75) is 25.4 Å². The lowest BCUT2D eigenvalue weighted by molar-refractivity contribution is 0.0699. The number of hydrogen-bond acceptors (Lipinski definition) is 3. The van der Waals surface area contributed by atoms with Crippen molar-refractivity contribution >= 4 is 0 Å². The standard InChI is InChI=1S/C12H16FNO2/c13-11-6-9(3-4-12(11)15)7-14-10-2-1-5-16-8-10/h3-4,6,10,14-15H,1-2,5,7-8H2. The number of benzene rings is 1. The third-order valence-corrected chi connectivity index (χ3v) is 2.77. The fourth-order valence-electron chi connectivity index (χ4n) is 1.82. The molecule has 1 aliphatic heterocycles. The second-order valence-electron chi connectivity index (χ2n) is 4.08. The van der Waals surface area contributed by atoms with Gasteiger partial charge in [-0.2, -0.15) is 0 Å². The number of phenols is 1. The van der Waals surface area contributed by atoms with Gasteiger partial charge in [-0.05, 0) is 30.5 Å². The van der Waals surface area contributed by atoms with Gasteiger partial charge in [0.1, 0.15) is 0 Å². The van der Waals surface area contributed by atoms with Crippen molar-refractivity contribution < 1.29 is 14.2 Å². The molecule has 2 N–H and O–H groups in total. The van der Waals surface area contributed by atoms with E-state index in [0.717, 1.165) is 31.6 Å². The molecule has 4 heteroatoms. The van der Waals surface area contributed by atoms with Crippen LogP contribution in [0.2, 0.25) is 0 Å². The fraction of sp³-hybridized carbons (Fsp3) is 0.500. The van der Waals surface area contributed by atoms with Crippen LogP contribution in [0.15, 0.2) is 18.2 Å². The second kappa shape index (κ2) is 5.27. The molecule has 1 atom stereocenters. The van der Waals surface area contributed by atoms with Gasteiger partial charge in [0.2, 0.25) is 0 Å². The molecule has 1 aromatic rings. The molecule has 16 heavy (non-hydrogen) atoms. The fourth-order valence-corrected chi connectivity index (χ4v) is 1.82. The van der Waals surface area contributed by atoms with E-state index in [1.54, 1.807) is 6.07 Å². The predicted octanol–water partition coefficient (Wildman–Crippen LogP) is 1.80. The highest BCUT2D eigenvalue weighted by Crippen LogP contribution is 2.16. The SMILES string of the molecule is Oc1ccc(CNC2CCCOC2)cc1F. The molecule has 0 radical (unpaired) electrons. The van der Waals surface area contributed by atoms with Gasteiger partial charge in [-0.25, -0.2) is 4.39 Å². The number of nitrogens with one attached hydrogen (secondary N) is 1. The van der Waals surface area contributed by atoms with Gasteiger partial charge in [0.15, 0.2) is 11.6 Å². The van der Waals surface area contributed by atoms with Gasteiger partial charge in [0.25, 0.3) is 0 Å². The maximum atomic E-state index is 13.0. The van der Waals surface area contributed by atoms with Crippen molar-refractivity contribution in [2.24, 2.45) is 0 Å². The molecule has 1 heterocycles. The summed E-state index contributed by atoms with van der Waals surface area (Å²) in [7, 11) is 0. The molecular weight excluding hydrogens is 209 g/mol. The zero-order chi connectivity index (χ0) is 11.4. The lowest BCUT2D eigenvalue weighted by atomic mass is 10.1. The lowest BCUT2D eigenvalue weighted by Gasteiger charge is -2.23. The molecule has 0 aliphatic carbocycles. The van der Waals surface area contributed by atoms with Crippen LogP contribution in [0.1, 0.15) is 18.4 Å². The van der Waals surface area contributed by atoms with Crippen LogP contribution in [0.25, 0.3) is 0 Å². The minimum absolute atomic E-state index is 0.301. The molecule has 1 aliphatic rings. The molecule has 1 fully saturated rings. The number of ether oxygens (including phenoxy) is 1. The minimum Gasteiger partial charge on any atom is -0.505 e. The Morgan fingerprint density at radius 1 is 1.50 bits per heavy atom. The summed E-state index contributed by atoms with van der Waals surface area (Å²) in [6.07, 6.45) is 2.17. The number of phenolic OH excluding ortho intramolecular Hbond substituents is 1. The van der Waals surface area contributed by atoms with Crippen LogP contribution in [0, 0.1) is 5.82 Å². The highest BCUT2D eigenvalue weighted by atomic mass is 19.1. The molecule has 2 rings (SSSR count). The average Bonchev–Trinajstić information content (AvgIpc) is 2.32. The molecule has 88 valence electrons. The average molecular weight is 225 g/mol. The van der Waals surface area contributed by atoms with E-state index in [1.165, 1.54) is 12.1 Å². The normalized spacial score (nSPS) is 20.9. The van der Waals surface area contributed by atoms with Crippen molar-refractivity contribution in [3.8, 4) is 5.75 Å². The summed E-state index contributed by atoms with van der Waals surface area (Å²) in [6.45, 7) is 2.16. The lowest BCUT2D eigenvalue weighted by Crippen LogP contribution is -2.36. The quantitative estimate of drug-likeness (QED) is 0.824. The second-order valence-corrected chi connectivity index (χ2v) is 4.08. The molecule has 0 aromatic heterocycles. The topological polar surface area (TPSA) is 41.5 Å². The van der Waals surface area contributed by atoms with Gasteiger partial charge in [-0.1, -0.05) is 6.07 Å². The minimum atomic E-state index is -0.570. The van der Waals surface area contributed by atoms with Gasteiger partial charge in [-0.15, -0.1) is 0 Å². The molecule has 1 saturated heterocycles. The maximum Gasteiger partial charge on any atom is 0.165 e. The van der Waals surface area contributed by atoms with Crippen LogP contribution in [0.5, 0.6) is 5.75 Å². The number of halogens is 1. The van der Waals surface area contributed by atoms with Gasteiger partial charge in [0.05, 0.1) is 6.61 Å². The number of hydrogen-bond donors (Lipinski definition) is 2. The Morgan fingerprint density at radius 3 is 3.06 bits per heavy atom. The van der Waals surface area contributed by atoms with Gasteiger partial charge < -0.3 is 15.2 Å². The Balaban J connectivity index is 1.86. The van der Waals surface area contributed by atoms with E-state index >= 15 is 0 Å². The van der Waals surface area contributed by atoms with E-state index in [9.17, 15) is 4.39 Å². The molecule has 0 amide bonds. The highest BCUT2D eigenvalue weighted by Gasteiger charge is 2.13. The number of rotatable bonds is 3. The predicted molar refractivity (Wildman–Crippen MR) is 58.7 cm³/mol. The molecule has 0 saturated carbocycles. The Morgan fingerprint density at radius 2 is 2.38 bits per heavy atom. The van der Waals surface area contributed by atoms with E-state index in [0.29, 0.717) is 12.6 Å². The zero-order valence-corrected chi connectivity index (χ0v) is 9.08. The summed E-state index contributed by atoms with van der Waals surface area (Å²) in [6, 6.07) is 4.80. The first-order valence-corrected chi connectivity index (χ1v) is 5.54. The van der Waals surface area contributed by atoms with E-state index < -0.39 is 5.82 Å². The van der Waals surface area contributed by atoms with Gasteiger partial charge >= 0.3 is 0 Å². The van der Waals surface area contributed by atoms with Crippen LogP contribution in [-0.4, -0.2) is 24.4 Å². The third kappa shape index (κ3) is 2.93. The van der Waals surface area contributed by atoms with Crippen LogP contribution in [0.3, 0.4) is 0 Å². The monoisotopic (exact) mass is 225 g/mol. The van der Waals surface area contributed by atoms with Crippen LogP contribution in [-0.2, 0) is 11.3 Å². The largest absolute Gasteiger partial charge is 0.505 e. The van der Waals surface area contributed by atoms with Crippen LogP contribution >= 0.6 is 0 Å². The first-order chi connectivity index (χ1) is 7.75. The zero-order valence-electron chi connectivity index (χ0n) is 9.08. The summed E-state index contributed by atoms with van der Waals surface area (Å²) in [5.74, 6) is -0.871. The maximum absolute atomic E-state index is 13.0. The molecule has 0 bridgehead atoms. The Hall–Kier alpha value is -1.13. The first-order valence-electron chi connectivity index (χ1n) is 5.54. The van der Waals surface area contributed by atoms with E-state index in [2.05, 4.69) is 5.32 Å². The number of aromatic hydroxyl groups is 1. The Kier molecular flexibility index (Phi) is 3.74. The summed E-state index contributed by atoms with van der Waals surface area (Å²) in [5, 5.41) is 12.4. The first kappa shape index (κ1) is 11.4. The van der Waals surface area contributed by atoms with E-state index in [-0.39, 0.29) is 5.75 Å². The molecular formula is C12H16FNO2. The molecule has 1 aromatic carbocycles. The highest BCUT2D eigenvalue weighted by molar-refractivity contribution is 5.27. The van der Waals surface area contributed by atoms with Crippen LogP contribution < -0.4 is 5.32 Å². The van der Waals surface area contributed by atoms with Crippen molar-refractivity contribution in [2.75, 3.05) is 13.2 Å². The molecule has 0 spiro atoms. The van der Waals surface area contributed by atoms with Crippen molar-refractivity contribution in [3.63, 3.8) is 0 Å². The van der Waals surface area contributed by atoms with E-state index in [4.69, 9.17) is 9.84 Å². The Labute approximate surface area is 94.2 Å². The van der Waals surface area contributed by atoms with Gasteiger partial charge in [-0.3, -0.25) is 0 Å². The summed E-state index contributed by atoms with van der Waals surface area (Å²) in [5.41, 5.74) is 0.834. The summed E-state index contributed by atoms with van der Waals surface area (Å²) < 4.78 is 18.4. The summed E-state index contributed by atoms with van der Waals surface area (Å²) >= 11 is 0. The third-order valence-electron chi connectivity index (χ3n) is 2.77. The van der Waals surface area contributed by atoms with Crippen molar-refractivity contribution in [1.82, 2.24) is 5.32 Å². The van der Waals surface area contributed by atoms with Gasteiger partial charge in [0, 0.05) is 19.2 Å². The Bertz CT molecular complexity index is 351. The summed E-state index contributed by atoms with van der Waals surface area (Å²) in [4.78, 5) is 0. The van der Waals surface area contributed by atoms with Crippen LogP contribution in [0.4, 0.5) is 4.39 Å². The van der Waals surface area contributed by atoms with Crippen molar-refractivity contribution in [3.05, 3.63) is 29.6 Å².